The first-order valence-electron chi connectivity index (χ1n) is 6.57. The second-order valence-corrected chi connectivity index (χ2v) is 6.02. The quantitative estimate of drug-likeness (QED) is 0.908. The van der Waals surface area contributed by atoms with Crippen molar-refractivity contribution < 1.29 is 9.90 Å². The van der Waals surface area contributed by atoms with Crippen LogP contribution >= 0.6 is 15.9 Å². The van der Waals surface area contributed by atoms with Crippen LogP contribution in [0.4, 0.5) is 0 Å². The van der Waals surface area contributed by atoms with Crippen LogP contribution < -0.4 is 0 Å². The van der Waals surface area contributed by atoms with Crippen molar-refractivity contribution in [3.8, 4) is 0 Å². The average molecular weight is 327 g/mol. The molecule has 19 heavy (non-hydrogen) atoms. The SMILES string of the molecule is Cc1ccc(Br)c(C(=O)N(C)C2CCC(O)CC2)n1. The largest absolute Gasteiger partial charge is 0.393 e. The highest BCUT2D eigenvalue weighted by molar-refractivity contribution is 9.10. The number of hydrogen-bond donors (Lipinski definition) is 1. The van der Waals surface area contributed by atoms with Gasteiger partial charge in [-0.25, -0.2) is 4.98 Å². The van der Waals surface area contributed by atoms with Crippen molar-refractivity contribution in [2.24, 2.45) is 0 Å². The van der Waals surface area contributed by atoms with Gasteiger partial charge in [-0.15, -0.1) is 0 Å². The smallest absolute Gasteiger partial charge is 0.273 e. The molecule has 0 bridgehead atoms. The number of aliphatic hydroxyl groups excluding tert-OH is 1. The number of nitrogens with zero attached hydrogens (tertiary/aromatic N) is 2. The van der Waals surface area contributed by atoms with Gasteiger partial charge < -0.3 is 10.0 Å². The molecule has 1 saturated carbocycles. The molecular weight excluding hydrogens is 308 g/mol. The van der Waals surface area contributed by atoms with Crippen molar-refractivity contribution in [3.63, 3.8) is 0 Å². The molecule has 1 aromatic rings. The lowest BCUT2D eigenvalue weighted by atomic mass is 9.92. The molecule has 0 unspecified atom stereocenters. The molecule has 0 spiro atoms. The van der Waals surface area contributed by atoms with Crippen LogP contribution in [0.2, 0.25) is 0 Å². The van der Waals surface area contributed by atoms with Crippen LogP contribution in [0.3, 0.4) is 0 Å². The lowest BCUT2D eigenvalue weighted by Gasteiger charge is -2.33. The Morgan fingerprint density at radius 1 is 1.37 bits per heavy atom. The molecule has 0 radical (unpaired) electrons. The zero-order valence-corrected chi connectivity index (χ0v) is 12.9. The molecule has 1 aliphatic rings. The fourth-order valence-corrected chi connectivity index (χ4v) is 2.86. The first kappa shape index (κ1) is 14.5. The molecule has 0 aromatic carbocycles. The Morgan fingerprint density at radius 3 is 2.63 bits per heavy atom. The van der Waals surface area contributed by atoms with Gasteiger partial charge in [-0.05, 0) is 60.7 Å². The number of aromatic nitrogens is 1. The van der Waals surface area contributed by atoms with Crippen LogP contribution in [0.15, 0.2) is 16.6 Å². The van der Waals surface area contributed by atoms with Gasteiger partial charge in [0.15, 0.2) is 0 Å². The van der Waals surface area contributed by atoms with Crippen LogP contribution in [-0.4, -0.2) is 40.1 Å². The van der Waals surface area contributed by atoms with Crippen molar-refractivity contribution in [2.75, 3.05) is 7.05 Å². The number of hydrogen-bond acceptors (Lipinski definition) is 3. The van der Waals surface area contributed by atoms with Crippen LogP contribution in [-0.2, 0) is 0 Å². The van der Waals surface area contributed by atoms with Crippen molar-refractivity contribution in [1.29, 1.82) is 0 Å². The number of carbonyl (C=O) groups excluding carboxylic acids is 1. The minimum Gasteiger partial charge on any atom is -0.393 e. The predicted octanol–water partition coefficient (Wildman–Crippen LogP) is 2.53. The Labute approximate surface area is 122 Å². The molecule has 0 aliphatic heterocycles. The van der Waals surface area contributed by atoms with Crippen LogP contribution in [0.5, 0.6) is 0 Å². The normalized spacial score (nSPS) is 23.2. The molecule has 0 atom stereocenters. The summed E-state index contributed by atoms with van der Waals surface area (Å²) in [4.78, 5) is 18.5. The van der Waals surface area contributed by atoms with E-state index in [0.29, 0.717) is 5.69 Å². The molecule has 4 nitrogen and oxygen atoms in total. The fraction of sp³-hybridized carbons (Fsp3) is 0.571. The minimum atomic E-state index is -0.205. The number of carbonyl (C=O) groups is 1. The molecular formula is C14H19BrN2O2. The van der Waals surface area contributed by atoms with Gasteiger partial charge in [0.25, 0.3) is 5.91 Å². The Balaban J connectivity index is 2.12. The third-order valence-electron chi connectivity index (χ3n) is 3.72. The number of rotatable bonds is 2. The van der Waals surface area contributed by atoms with Gasteiger partial charge >= 0.3 is 0 Å². The summed E-state index contributed by atoms with van der Waals surface area (Å²) >= 11 is 3.38. The van der Waals surface area contributed by atoms with Crippen LogP contribution in [0.25, 0.3) is 0 Å². The van der Waals surface area contributed by atoms with E-state index in [1.807, 2.05) is 26.1 Å². The average Bonchev–Trinajstić information content (AvgIpc) is 2.41. The number of halogens is 1. The second-order valence-electron chi connectivity index (χ2n) is 5.16. The Bertz CT molecular complexity index is 471. The van der Waals surface area contributed by atoms with E-state index in [0.717, 1.165) is 35.8 Å². The van der Waals surface area contributed by atoms with E-state index in [-0.39, 0.29) is 18.1 Å². The van der Waals surface area contributed by atoms with Gasteiger partial charge in [0.2, 0.25) is 0 Å². The summed E-state index contributed by atoms with van der Waals surface area (Å²) in [6.45, 7) is 1.88. The Hall–Kier alpha value is -0.940. The third-order valence-corrected chi connectivity index (χ3v) is 4.36. The summed E-state index contributed by atoms with van der Waals surface area (Å²) in [6.07, 6.45) is 3.04. The van der Waals surface area contributed by atoms with E-state index >= 15 is 0 Å². The summed E-state index contributed by atoms with van der Waals surface area (Å²) < 4.78 is 0.728. The van der Waals surface area contributed by atoms with Crippen molar-refractivity contribution >= 4 is 21.8 Å². The lowest BCUT2D eigenvalue weighted by molar-refractivity contribution is 0.0563. The molecule has 1 heterocycles. The maximum absolute atomic E-state index is 12.5. The lowest BCUT2D eigenvalue weighted by Crippen LogP contribution is -2.40. The Morgan fingerprint density at radius 2 is 2.00 bits per heavy atom. The van der Waals surface area contributed by atoms with Crippen molar-refractivity contribution in [2.45, 2.75) is 44.8 Å². The van der Waals surface area contributed by atoms with Gasteiger partial charge in [-0.3, -0.25) is 4.79 Å². The van der Waals surface area contributed by atoms with Gasteiger partial charge in [0, 0.05) is 23.3 Å². The summed E-state index contributed by atoms with van der Waals surface area (Å²) in [6, 6.07) is 3.93. The predicted molar refractivity (Wildman–Crippen MR) is 77.0 cm³/mol. The van der Waals surface area contributed by atoms with Crippen molar-refractivity contribution in [3.05, 3.63) is 28.0 Å². The topological polar surface area (TPSA) is 53.4 Å². The monoisotopic (exact) mass is 326 g/mol. The maximum Gasteiger partial charge on any atom is 0.273 e. The molecule has 104 valence electrons. The number of aliphatic hydroxyl groups is 1. The second kappa shape index (κ2) is 6.01. The first-order chi connectivity index (χ1) is 8.99. The summed E-state index contributed by atoms with van der Waals surface area (Å²) in [5, 5.41) is 9.52. The van der Waals surface area contributed by atoms with Gasteiger partial charge in [-0.1, -0.05) is 0 Å². The molecule has 1 aromatic heterocycles. The zero-order valence-electron chi connectivity index (χ0n) is 11.3. The summed E-state index contributed by atoms with van der Waals surface area (Å²) in [7, 11) is 1.82. The summed E-state index contributed by atoms with van der Waals surface area (Å²) in [5.74, 6) is -0.0584. The van der Waals surface area contributed by atoms with E-state index in [2.05, 4.69) is 20.9 Å². The maximum atomic E-state index is 12.5. The highest BCUT2D eigenvalue weighted by Gasteiger charge is 2.27. The van der Waals surface area contributed by atoms with E-state index in [9.17, 15) is 9.90 Å². The number of aryl methyl sites for hydroxylation is 1. The molecule has 1 N–H and O–H groups in total. The third kappa shape index (κ3) is 3.34. The zero-order chi connectivity index (χ0) is 14.0. The van der Waals surface area contributed by atoms with E-state index in [4.69, 9.17) is 0 Å². The summed E-state index contributed by atoms with van der Waals surface area (Å²) in [5.41, 5.74) is 1.30. The highest BCUT2D eigenvalue weighted by atomic mass is 79.9. The molecule has 1 aliphatic carbocycles. The standard InChI is InChI=1S/C14H19BrN2O2/c1-9-3-8-12(15)13(16-9)14(19)17(2)10-4-6-11(18)7-5-10/h3,8,10-11,18H,4-7H2,1-2H3. The van der Waals surface area contributed by atoms with Crippen molar-refractivity contribution in [1.82, 2.24) is 9.88 Å². The first-order valence-corrected chi connectivity index (χ1v) is 7.36. The molecule has 1 amide bonds. The van der Waals surface area contributed by atoms with E-state index in [1.165, 1.54) is 0 Å². The van der Waals surface area contributed by atoms with E-state index in [1.54, 1.807) is 4.90 Å². The van der Waals surface area contributed by atoms with Crippen LogP contribution in [0.1, 0.15) is 41.9 Å². The van der Waals surface area contributed by atoms with E-state index < -0.39 is 0 Å². The number of amides is 1. The minimum absolute atomic E-state index is 0.0584. The molecule has 0 saturated heterocycles. The molecule has 5 heteroatoms. The van der Waals surface area contributed by atoms with Gasteiger partial charge in [-0.2, -0.15) is 0 Å². The van der Waals surface area contributed by atoms with Gasteiger partial charge in [0.05, 0.1) is 6.10 Å². The van der Waals surface area contributed by atoms with Gasteiger partial charge in [0.1, 0.15) is 5.69 Å². The molecule has 1 fully saturated rings. The number of pyridine rings is 1. The fourth-order valence-electron chi connectivity index (χ4n) is 2.47. The van der Waals surface area contributed by atoms with Crippen LogP contribution in [0, 0.1) is 6.92 Å². The highest BCUT2D eigenvalue weighted by Crippen LogP contribution is 2.24. The molecule has 2 rings (SSSR count). The Kier molecular flexibility index (Phi) is 4.58.